The summed E-state index contributed by atoms with van der Waals surface area (Å²) in [5.74, 6) is 0.817. The van der Waals surface area contributed by atoms with E-state index in [-0.39, 0.29) is 17.8 Å². The molecule has 0 bridgehead atoms. The lowest BCUT2D eigenvalue weighted by Gasteiger charge is -2.37. The predicted molar refractivity (Wildman–Crippen MR) is 155 cm³/mol. The Labute approximate surface area is 237 Å². The summed E-state index contributed by atoms with van der Waals surface area (Å²) in [6.07, 6.45) is 3.72. The van der Waals surface area contributed by atoms with Crippen molar-refractivity contribution >= 4 is 22.7 Å². The van der Waals surface area contributed by atoms with Gasteiger partial charge < -0.3 is 24.0 Å². The number of hydrogen-bond donors (Lipinski definition) is 0. The van der Waals surface area contributed by atoms with Crippen LogP contribution in [0.5, 0.6) is 5.75 Å². The van der Waals surface area contributed by atoms with Crippen LogP contribution in [0.1, 0.15) is 37.6 Å². The summed E-state index contributed by atoms with van der Waals surface area (Å²) in [4.78, 5) is 21.8. The van der Waals surface area contributed by atoms with E-state index in [0.29, 0.717) is 13.2 Å². The van der Waals surface area contributed by atoms with Crippen LogP contribution in [0.3, 0.4) is 0 Å². The van der Waals surface area contributed by atoms with Gasteiger partial charge in [0.2, 0.25) is 6.29 Å². The van der Waals surface area contributed by atoms with Gasteiger partial charge in [0, 0.05) is 49.1 Å². The van der Waals surface area contributed by atoms with Crippen molar-refractivity contribution in [3.63, 3.8) is 0 Å². The Morgan fingerprint density at radius 1 is 1.00 bits per heavy atom. The van der Waals surface area contributed by atoms with Crippen LogP contribution in [-0.2, 0) is 9.47 Å². The van der Waals surface area contributed by atoms with Crippen molar-refractivity contribution < 1.29 is 14.2 Å². The molecule has 0 radical (unpaired) electrons. The molecule has 2 aromatic carbocycles. The van der Waals surface area contributed by atoms with Crippen molar-refractivity contribution in [2.75, 3.05) is 49.2 Å². The van der Waals surface area contributed by atoms with Gasteiger partial charge in [-0.15, -0.1) is 11.3 Å². The summed E-state index contributed by atoms with van der Waals surface area (Å²) >= 11 is 1.53. The Hall–Kier alpha value is -3.67. The molecule has 2 aliphatic rings. The van der Waals surface area contributed by atoms with Gasteiger partial charge in [-0.25, -0.2) is 19.0 Å². The number of rotatable bonds is 9. The summed E-state index contributed by atoms with van der Waals surface area (Å²) in [7, 11) is 0. The first-order valence-electron chi connectivity index (χ1n) is 13.7. The molecule has 210 valence electrons. The smallest absolute Gasteiger partial charge is 0.350 e. The molecule has 0 amide bonds. The van der Waals surface area contributed by atoms with E-state index in [1.165, 1.54) is 17.0 Å². The fourth-order valence-corrected chi connectivity index (χ4v) is 5.59. The second kappa shape index (κ2) is 11.8. The Morgan fingerprint density at radius 3 is 2.27 bits per heavy atom. The molecular weight excluding hydrogens is 528 g/mol. The summed E-state index contributed by atoms with van der Waals surface area (Å²) in [6.45, 7) is 8.68. The van der Waals surface area contributed by atoms with Crippen molar-refractivity contribution in [1.82, 2.24) is 19.3 Å². The van der Waals surface area contributed by atoms with Gasteiger partial charge in [-0.05, 0) is 61.9 Å². The van der Waals surface area contributed by atoms with Crippen LogP contribution >= 0.6 is 11.3 Å². The average Bonchev–Trinajstić information content (AvgIpc) is 3.78. The van der Waals surface area contributed by atoms with Gasteiger partial charge in [-0.1, -0.05) is 6.92 Å². The molecule has 0 N–H and O–H groups in total. The lowest BCUT2D eigenvalue weighted by Crippen LogP contribution is -2.46. The highest BCUT2D eigenvalue weighted by Gasteiger charge is 2.29. The Balaban J connectivity index is 0.988. The second-order valence-corrected chi connectivity index (χ2v) is 11.0. The van der Waals surface area contributed by atoms with E-state index >= 15 is 0 Å². The fraction of sp³-hybridized carbons (Fsp3) is 0.414. The molecular formula is C29H34N6O4S. The highest BCUT2D eigenvalue weighted by atomic mass is 32.1. The van der Waals surface area contributed by atoms with Gasteiger partial charge in [-0.3, -0.25) is 0 Å². The number of nitrogens with zero attached hydrogens (tertiary/aromatic N) is 6. The Bertz CT molecular complexity index is 1430. The summed E-state index contributed by atoms with van der Waals surface area (Å²) in [6, 6.07) is 16.5. The number of thiazole rings is 1. The number of ether oxygens (including phenoxy) is 3. The van der Waals surface area contributed by atoms with Gasteiger partial charge in [-0.2, -0.15) is 5.10 Å². The first-order chi connectivity index (χ1) is 19.6. The molecule has 1 unspecified atom stereocenters. The molecule has 2 aromatic heterocycles. The highest BCUT2D eigenvalue weighted by Crippen LogP contribution is 2.29. The van der Waals surface area contributed by atoms with E-state index in [1.54, 1.807) is 21.8 Å². The molecule has 11 heteroatoms. The van der Waals surface area contributed by atoms with E-state index in [1.807, 2.05) is 36.6 Å². The Morgan fingerprint density at radius 2 is 1.65 bits per heavy atom. The lowest BCUT2D eigenvalue weighted by atomic mass is 10.2. The maximum Gasteiger partial charge on any atom is 0.350 e. The predicted octanol–water partition coefficient (Wildman–Crippen LogP) is 4.28. The van der Waals surface area contributed by atoms with E-state index in [2.05, 4.69) is 51.1 Å². The van der Waals surface area contributed by atoms with Crippen LogP contribution in [0, 0.1) is 0 Å². The first kappa shape index (κ1) is 26.5. The number of aromatic nitrogens is 4. The number of benzene rings is 2. The van der Waals surface area contributed by atoms with Crippen LogP contribution in [0.15, 0.2) is 71.2 Å². The first-order valence-corrected chi connectivity index (χ1v) is 14.6. The molecule has 4 heterocycles. The van der Waals surface area contributed by atoms with Crippen LogP contribution in [0.4, 0.5) is 11.4 Å². The molecule has 3 atom stereocenters. The molecule has 4 aromatic rings. The molecule has 0 spiro atoms. The van der Waals surface area contributed by atoms with Crippen LogP contribution in [0.25, 0.3) is 5.69 Å². The lowest BCUT2D eigenvalue weighted by molar-refractivity contribution is -0.0659. The molecule has 10 nitrogen and oxygen atoms in total. The monoisotopic (exact) mass is 562 g/mol. The van der Waals surface area contributed by atoms with Gasteiger partial charge in [0.05, 0.1) is 18.3 Å². The quantitative estimate of drug-likeness (QED) is 0.299. The maximum atomic E-state index is 12.7. The third-order valence-corrected chi connectivity index (χ3v) is 8.31. The number of hydrogen-bond acceptors (Lipinski definition) is 9. The standard InChI is InChI=1S/C29H34N6O4S/c1-3-21(2)35-29(36)34(20-31-35)24-6-4-22(5-7-24)32-13-15-33(16-14-32)23-8-10-25(11-9-23)37-18-26-19-38-28(39-26)27-30-12-17-40-27/h4-12,17,20-21,26,28H,3,13-16,18-19H2,1-2H3/t21?,26-,28-/m1/s1. The van der Waals surface area contributed by atoms with Gasteiger partial charge in [0.1, 0.15) is 29.8 Å². The van der Waals surface area contributed by atoms with E-state index in [4.69, 9.17) is 14.2 Å². The van der Waals surface area contributed by atoms with Gasteiger partial charge >= 0.3 is 5.69 Å². The third kappa shape index (κ3) is 5.63. The minimum Gasteiger partial charge on any atom is -0.491 e. The third-order valence-electron chi connectivity index (χ3n) is 7.51. The zero-order valence-electron chi connectivity index (χ0n) is 22.8. The molecule has 0 saturated carbocycles. The van der Waals surface area contributed by atoms with Crippen LogP contribution in [0.2, 0.25) is 0 Å². The fourth-order valence-electron chi connectivity index (χ4n) is 4.97. The van der Waals surface area contributed by atoms with Gasteiger partial charge in [0.15, 0.2) is 0 Å². The second-order valence-electron chi connectivity index (χ2n) is 10.1. The summed E-state index contributed by atoms with van der Waals surface area (Å²) in [5.41, 5.74) is 3.07. The average molecular weight is 563 g/mol. The van der Waals surface area contributed by atoms with E-state index < -0.39 is 6.29 Å². The number of piperazine rings is 1. The van der Waals surface area contributed by atoms with Crippen LogP contribution < -0.4 is 20.2 Å². The SMILES string of the molecule is CCC(C)n1ncn(-c2ccc(N3CCN(c4ccc(OC[C@@H]5CO[C@@H](c6nccs6)O5)cc4)CC3)cc2)c1=O. The summed E-state index contributed by atoms with van der Waals surface area (Å²) < 4.78 is 20.7. The summed E-state index contributed by atoms with van der Waals surface area (Å²) in [5, 5.41) is 7.04. The molecule has 2 aliphatic heterocycles. The van der Waals surface area contributed by atoms with Crippen molar-refractivity contribution in [1.29, 1.82) is 0 Å². The number of anilines is 2. The minimum atomic E-state index is -0.392. The minimum absolute atomic E-state index is 0.0809. The zero-order chi connectivity index (χ0) is 27.5. The van der Waals surface area contributed by atoms with E-state index in [0.717, 1.165) is 54.7 Å². The van der Waals surface area contributed by atoms with E-state index in [9.17, 15) is 4.79 Å². The van der Waals surface area contributed by atoms with Crippen molar-refractivity contribution in [2.24, 2.45) is 0 Å². The maximum absolute atomic E-state index is 12.7. The van der Waals surface area contributed by atoms with Crippen molar-refractivity contribution in [3.05, 3.63) is 81.9 Å². The molecule has 6 rings (SSSR count). The highest BCUT2D eigenvalue weighted by molar-refractivity contribution is 7.09. The van der Waals surface area contributed by atoms with Crippen molar-refractivity contribution in [2.45, 2.75) is 38.7 Å². The largest absolute Gasteiger partial charge is 0.491 e. The van der Waals surface area contributed by atoms with Crippen molar-refractivity contribution in [3.8, 4) is 11.4 Å². The zero-order valence-corrected chi connectivity index (χ0v) is 23.6. The van der Waals surface area contributed by atoms with Gasteiger partial charge in [0.25, 0.3) is 0 Å². The Kier molecular flexibility index (Phi) is 7.85. The molecule has 40 heavy (non-hydrogen) atoms. The molecule has 0 aliphatic carbocycles. The molecule has 2 fully saturated rings. The normalized spacial score (nSPS) is 20.1. The topological polar surface area (TPSA) is 86.9 Å². The van der Waals surface area contributed by atoms with Crippen LogP contribution in [-0.4, -0.2) is 64.8 Å². The molecule has 2 saturated heterocycles.